The summed E-state index contributed by atoms with van der Waals surface area (Å²) in [5, 5.41) is 5.93. The van der Waals surface area contributed by atoms with Crippen molar-refractivity contribution in [3.8, 4) is 5.75 Å². The first-order valence-corrected chi connectivity index (χ1v) is 9.45. The largest absolute Gasteiger partial charge is 0.497 e. The number of carbonyl (C=O) groups excluding carboxylic acids is 2. The van der Waals surface area contributed by atoms with Gasteiger partial charge in [-0.2, -0.15) is 5.10 Å². The molecule has 0 bridgehead atoms. The van der Waals surface area contributed by atoms with E-state index in [0.29, 0.717) is 17.9 Å². The average molecular weight is 413 g/mol. The third kappa shape index (κ3) is 4.83. The fourth-order valence-electron chi connectivity index (χ4n) is 3.26. The summed E-state index contributed by atoms with van der Waals surface area (Å²) < 4.78 is 23.5. The Labute approximate surface area is 174 Å². The second-order valence-corrected chi connectivity index (χ2v) is 6.97. The average Bonchev–Trinajstić information content (AvgIpc) is 3.20. The highest BCUT2D eigenvalue weighted by molar-refractivity contribution is 6.03. The maximum absolute atomic E-state index is 13.4. The van der Waals surface area contributed by atoms with Gasteiger partial charge in [0.25, 0.3) is 5.91 Å². The summed E-state index contributed by atoms with van der Waals surface area (Å²) >= 11 is 0. The monoisotopic (exact) mass is 413 g/mol. The molecule has 158 valence electrons. The number of rotatable bonds is 7. The van der Waals surface area contributed by atoms with E-state index in [1.165, 1.54) is 36.2 Å². The van der Waals surface area contributed by atoms with Crippen molar-refractivity contribution >= 4 is 17.5 Å². The molecule has 0 saturated heterocycles. The molecule has 0 spiro atoms. The molecule has 2 amide bonds. The van der Waals surface area contributed by atoms with Crippen LogP contribution in [-0.4, -0.2) is 61.9 Å². The molecule has 0 fully saturated rings. The highest BCUT2D eigenvalue weighted by atomic mass is 19.1. The molecule has 0 aliphatic carbocycles. The first-order chi connectivity index (χ1) is 14.4. The van der Waals surface area contributed by atoms with E-state index >= 15 is 0 Å². The van der Waals surface area contributed by atoms with Gasteiger partial charge in [0.05, 0.1) is 18.9 Å². The van der Waals surface area contributed by atoms with Gasteiger partial charge in [-0.15, -0.1) is 0 Å². The number of halogens is 1. The van der Waals surface area contributed by atoms with Crippen LogP contribution in [0.25, 0.3) is 0 Å². The molecule has 0 saturated carbocycles. The van der Waals surface area contributed by atoms with Gasteiger partial charge in [0.1, 0.15) is 24.7 Å². The molecular weight excluding hydrogens is 389 g/mol. The summed E-state index contributed by atoms with van der Waals surface area (Å²) in [4.78, 5) is 26.3. The maximum atomic E-state index is 13.4. The molecule has 0 unspecified atom stereocenters. The molecule has 1 aliphatic heterocycles. The molecule has 7 nitrogen and oxygen atoms in total. The quantitative estimate of drug-likeness (QED) is 0.700. The number of carbonyl (C=O) groups is 2. The van der Waals surface area contributed by atoms with Crippen molar-refractivity contribution in [2.24, 2.45) is 5.10 Å². The highest BCUT2D eigenvalue weighted by Gasteiger charge is 2.34. The molecule has 0 N–H and O–H groups in total. The van der Waals surface area contributed by atoms with Gasteiger partial charge in [-0.3, -0.25) is 9.59 Å². The summed E-state index contributed by atoms with van der Waals surface area (Å²) in [6, 6.07) is 13.0. The zero-order chi connectivity index (χ0) is 21.7. The minimum absolute atomic E-state index is 0.108. The van der Waals surface area contributed by atoms with E-state index in [1.807, 2.05) is 24.3 Å². The Kier molecular flexibility index (Phi) is 6.79. The Bertz CT molecular complexity index is 946. The smallest absolute Gasteiger partial charge is 0.262 e. The highest BCUT2D eigenvalue weighted by Crippen LogP contribution is 2.33. The molecule has 1 atom stereocenters. The van der Waals surface area contributed by atoms with Crippen molar-refractivity contribution < 1.29 is 23.5 Å². The number of amides is 2. The van der Waals surface area contributed by atoms with Crippen LogP contribution in [0.4, 0.5) is 4.39 Å². The maximum Gasteiger partial charge on any atom is 0.262 e. The van der Waals surface area contributed by atoms with Crippen molar-refractivity contribution in [3.05, 3.63) is 65.5 Å². The van der Waals surface area contributed by atoms with Crippen LogP contribution < -0.4 is 4.74 Å². The van der Waals surface area contributed by atoms with E-state index in [4.69, 9.17) is 9.47 Å². The summed E-state index contributed by atoms with van der Waals surface area (Å²) in [5.74, 6) is -0.314. The van der Waals surface area contributed by atoms with Gasteiger partial charge in [-0.05, 0) is 29.8 Å². The normalized spacial score (nSPS) is 15.7. The molecule has 3 rings (SSSR count). The topological polar surface area (TPSA) is 71.4 Å². The summed E-state index contributed by atoms with van der Waals surface area (Å²) in [7, 11) is 4.54. The standard InChI is InChI=1S/C22H24FN3O4/c1-25(22(28)14-29-2)13-21(27)26-20(15-7-9-17(23)10-8-15)12-19(24-26)16-5-4-6-18(11-16)30-3/h4-11,20H,12-14H2,1-3H3/t20-/m1/s1. The number of nitrogens with zero attached hydrogens (tertiary/aromatic N) is 3. The number of benzene rings is 2. The Balaban J connectivity index is 1.89. The lowest BCUT2D eigenvalue weighted by Gasteiger charge is -2.24. The third-order valence-corrected chi connectivity index (χ3v) is 4.89. The molecule has 0 aromatic heterocycles. The van der Waals surface area contributed by atoms with Crippen molar-refractivity contribution in [2.45, 2.75) is 12.5 Å². The number of hydrogen-bond acceptors (Lipinski definition) is 5. The number of hydrogen-bond donors (Lipinski definition) is 0. The fourth-order valence-corrected chi connectivity index (χ4v) is 3.26. The van der Waals surface area contributed by atoms with Crippen molar-refractivity contribution in [1.29, 1.82) is 0 Å². The van der Waals surface area contributed by atoms with E-state index in [9.17, 15) is 14.0 Å². The van der Waals surface area contributed by atoms with Crippen LogP contribution in [-0.2, 0) is 14.3 Å². The number of ether oxygens (including phenoxy) is 2. The van der Waals surface area contributed by atoms with E-state index in [0.717, 1.165) is 11.1 Å². The first kappa shape index (κ1) is 21.4. The van der Waals surface area contributed by atoms with Gasteiger partial charge in [-0.1, -0.05) is 24.3 Å². The second-order valence-electron chi connectivity index (χ2n) is 6.97. The van der Waals surface area contributed by atoms with Crippen LogP contribution in [0.3, 0.4) is 0 Å². The van der Waals surface area contributed by atoms with Crippen LogP contribution in [0.15, 0.2) is 53.6 Å². The van der Waals surface area contributed by atoms with Gasteiger partial charge in [-0.25, -0.2) is 9.40 Å². The Hall–Kier alpha value is -3.26. The Morgan fingerprint density at radius 2 is 1.93 bits per heavy atom. The molecule has 30 heavy (non-hydrogen) atoms. The van der Waals surface area contributed by atoms with Crippen LogP contribution in [0.5, 0.6) is 5.75 Å². The van der Waals surface area contributed by atoms with Gasteiger partial charge in [0.15, 0.2) is 0 Å². The third-order valence-electron chi connectivity index (χ3n) is 4.89. The lowest BCUT2D eigenvalue weighted by molar-refractivity contribution is -0.142. The van der Waals surface area contributed by atoms with Crippen molar-refractivity contribution in [2.75, 3.05) is 34.4 Å². The second kappa shape index (κ2) is 9.49. The van der Waals surface area contributed by atoms with Crippen LogP contribution in [0.2, 0.25) is 0 Å². The van der Waals surface area contributed by atoms with Gasteiger partial charge >= 0.3 is 0 Å². The van der Waals surface area contributed by atoms with Crippen molar-refractivity contribution in [1.82, 2.24) is 9.91 Å². The number of hydrazone groups is 1. The molecule has 1 aliphatic rings. The van der Waals surface area contributed by atoms with Crippen LogP contribution in [0.1, 0.15) is 23.6 Å². The number of likely N-dealkylation sites (N-methyl/N-ethyl adjacent to an activating group) is 1. The minimum Gasteiger partial charge on any atom is -0.497 e. The van der Waals surface area contributed by atoms with E-state index in [2.05, 4.69) is 5.10 Å². The van der Waals surface area contributed by atoms with Crippen molar-refractivity contribution in [3.63, 3.8) is 0 Å². The molecule has 0 radical (unpaired) electrons. The van der Waals surface area contributed by atoms with E-state index in [-0.39, 0.29) is 30.8 Å². The molecule has 2 aromatic rings. The zero-order valence-electron chi connectivity index (χ0n) is 17.2. The number of methoxy groups -OCH3 is 2. The predicted octanol–water partition coefficient (Wildman–Crippen LogP) is 2.62. The Morgan fingerprint density at radius 1 is 1.20 bits per heavy atom. The van der Waals surface area contributed by atoms with Gasteiger partial charge < -0.3 is 14.4 Å². The van der Waals surface area contributed by atoms with Gasteiger partial charge in [0, 0.05) is 26.1 Å². The molecular formula is C22H24FN3O4. The lowest BCUT2D eigenvalue weighted by atomic mass is 9.98. The lowest BCUT2D eigenvalue weighted by Crippen LogP contribution is -2.40. The first-order valence-electron chi connectivity index (χ1n) is 9.45. The SMILES string of the molecule is COCC(=O)N(C)CC(=O)N1N=C(c2cccc(OC)c2)C[C@@H]1c1ccc(F)cc1. The van der Waals surface area contributed by atoms with Crippen LogP contribution in [0, 0.1) is 5.82 Å². The molecule has 8 heteroatoms. The Morgan fingerprint density at radius 3 is 2.60 bits per heavy atom. The summed E-state index contributed by atoms with van der Waals surface area (Å²) in [6.45, 7) is -0.252. The summed E-state index contributed by atoms with van der Waals surface area (Å²) in [5.41, 5.74) is 2.31. The summed E-state index contributed by atoms with van der Waals surface area (Å²) in [6.07, 6.45) is 0.459. The molecule has 2 aromatic carbocycles. The zero-order valence-corrected chi connectivity index (χ0v) is 17.2. The molecule has 1 heterocycles. The van der Waals surface area contributed by atoms with Gasteiger partial charge in [0.2, 0.25) is 5.91 Å². The fraction of sp³-hybridized carbons (Fsp3) is 0.318. The predicted molar refractivity (Wildman–Crippen MR) is 110 cm³/mol. The van der Waals surface area contributed by atoms with Crippen LogP contribution >= 0.6 is 0 Å². The van der Waals surface area contributed by atoms with E-state index < -0.39 is 6.04 Å². The van der Waals surface area contributed by atoms with E-state index in [1.54, 1.807) is 19.2 Å². The minimum atomic E-state index is -0.398.